The topological polar surface area (TPSA) is 96.0 Å². The van der Waals surface area contributed by atoms with Crippen LogP contribution in [0.15, 0.2) is 61.7 Å². The third-order valence-electron chi connectivity index (χ3n) is 4.63. The second kappa shape index (κ2) is 10.1. The summed E-state index contributed by atoms with van der Waals surface area (Å²) in [5.41, 5.74) is -2.23. The highest BCUT2D eigenvalue weighted by Gasteiger charge is 2.21. The lowest BCUT2D eigenvalue weighted by Gasteiger charge is -2.11. The van der Waals surface area contributed by atoms with Crippen LogP contribution >= 0.6 is 23.7 Å². The van der Waals surface area contributed by atoms with Gasteiger partial charge in [0.05, 0.1) is 15.1 Å². The first-order chi connectivity index (χ1) is 15.7. The number of hydrogen-bond acceptors (Lipinski definition) is 6. The Bertz CT molecular complexity index is 1390. The number of H-pyrrole nitrogens is 1. The van der Waals surface area contributed by atoms with Gasteiger partial charge >= 0.3 is 5.69 Å². The molecule has 33 heavy (non-hydrogen) atoms. The van der Waals surface area contributed by atoms with Crippen LogP contribution in [0.3, 0.4) is 0 Å². The molecule has 2 aromatic carbocycles. The predicted molar refractivity (Wildman–Crippen MR) is 131 cm³/mol. The van der Waals surface area contributed by atoms with Crippen LogP contribution in [0.1, 0.15) is 24.2 Å². The molecule has 0 aliphatic carbocycles. The number of nitrogens with one attached hydrogen (secondary N) is 3. The van der Waals surface area contributed by atoms with Crippen LogP contribution in [0.4, 0.5) is 14.5 Å². The number of carbonyl (C=O) groups excluding carboxylic acids is 1. The van der Waals surface area contributed by atoms with Crippen molar-refractivity contribution in [1.82, 2.24) is 14.3 Å². The minimum atomic E-state index is -1.23. The summed E-state index contributed by atoms with van der Waals surface area (Å²) < 4.78 is 33.1. The van der Waals surface area contributed by atoms with E-state index >= 15 is 0 Å². The fourth-order valence-corrected chi connectivity index (χ4v) is 4.40. The molecule has 0 fully saturated rings. The number of fused-ring (bicyclic) bond motifs is 1. The van der Waals surface area contributed by atoms with Crippen LogP contribution < -0.4 is 21.3 Å². The maximum absolute atomic E-state index is 14.9. The second-order valence-corrected chi connectivity index (χ2v) is 9.28. The summed E-state index contributed by atoms with van der Waals surface area (Å²) in [7, 11) is 1.67. The molecule has 3 rings (SSSR count). The zero-order chi connectivity index (χ0) is 24.3. The predicted octanol–water partition coefficient (Wildman–Crippen LogP) is 4.51. The van der Waals surface area contributed by atoms with Crippen molar-refractivity contribution in [2.45, 2.75) is 13.8 Å². The first-order valence-electron chi connectivity index (χ1n) is 9.59. The van der Waals surface area contributed by atoms with Gasteiger partial charge in [-0.05, 0) is 61.0 Å². The highest BCUT2D eigenvalue weighted by atomic mass is 32.2. The number of thioether (sulfide) groups is 1. The first kappa shape index (κ1) is 24.3. The summed E-state index contributed by atoms with van der Waals surface area (Å²) in [5.74, 6) is -3.23. The van der Waals surface area contributed by atoms with Crippen LogP contribution in [0.2, 0.25) is 0 Å². The molecule has 1 amide bonds. The Labute approximate surface area is 196 Å². The summed E-state index contributed by atoms with van der Waals surface area (Å²) >= 11 is 2.25. The number of carbonyl (C=O) groups is 1. The van der Waals surface area contributed by atoms with Crippen molar-refractivity contribution in [3.63, 3.8) is 0 Å². The van der Waals surface area contributed by atoms with Gasteiger partial charge in [0.2, 0.25) is 0 Å². The number of anilines is 1. The van der Waals surface area contributed by atoms with Crippen LogP contribution in [-0.2, 0) is 0 Å². The number of aromatic amines is 1. The van der Waals surface area contributed by atoms with Gasteiger partial charge in [-0.2, -0.15) is 0 Å². The van der Waals surface area contributed by atoms with E-state index in [-0.39, 0.29) is 16.5 Å². The van der Waals surface area contributed by atoms with Crippen molar-refractivity contribution in [2.75, 3.05) is 12.4 Å². The number of hydrogen-bond donors (Lipinski definition) is 3. The molecule has 0 atom stereocenters. The van der Waals surface area contributed by atoms with Crippen molar-refractivity contribution in [2.24, 2.45) is 0 Å². The normalized spacial score (nSPS) is 11.5. The van der Waals surface area contributed by atoms with Crippen molar-refractivity contribution in [1.29, 1.82) is 0 Å². The Morgan fingerprint density at radius 1 is 1.18 bits per heavy atom. The average Bonchev–Trinajstić information content (AvgIpc) is 2.78. The Morgan fingerprint density at radius 3 is 2.45 bits per heavy atom. The molecule has 0 radical (unpaired) electrons. The number of halogens is 2. The molecule has 7 nitrogen and oxygen atoms in total. The van der Waals surface area contributed by atoms with Gasteiger partial charge in [0, 0.05) is 18.3 Å². The van der Waals surface area contributed by atoms with Crippen molar-refractivity contribution < 1.29 is 13.6 Å². The Kier molecular flexibility index (Phi) is 7.44. The van der Waals surface area contributed by atoms with Gasteiger partial charge in [-0.1, -0.05) is 24.4 Å². The molecule has 0 bridgehead atoms. The summed E-state index contributed by atoms with van der Waals surface area (Å²) in [4.78, 5) is 41.1. The SMILES string of the molecule is C=C(SNC(=O)c1cc(F)c(-n2c(=O)[nH]c3cc(NC)ccc3c2=O)c(F)c1)S/C(C)=C\C. The molecule has 0 saturated carbocycles. The lowest BCUT2D eigenvalue weighted by molar-refractivity contribution is 0.0983. The van der Waals surface area contributed by atoms with Crippen molar-refractivity contribution in [3.05, 3.63) is 90.2 Å². The Morgan fingerprint density at radius 2 is 1.85 bits per heavy atom. The van der Waals surface area contributed by atoms with E-state index in [1.165, 1.54) is 23.9 Å². The number of rotatable bonds is 7. The Hall–Kier alpha value is -3.31. The summed E-state index contributed by atoms with van der Waals surface area (Å²) in [6.45, 7) is 7.53. The summed E-state index contributed by atoms with van der Waals surface area (Å²) in [6.07, 6.45) is 1.87. The number of allylic oxidation sites excluding steroid dienone is 2. The molecule has 172 valence electrons. The van der Waals surface area contributed by atoms with Gasteiger partial charge in [0.15, 0.2) is 11.6 Å². The fraction of sp³-hybridized carbons (Fsp3) is 0.136. The zero-order valence-electron chi connectivity index (χ0n) is 17.9. The van der Waals surface area contributed by atoms with E-state index in [1.54, 1.807) is 13.1 Å². The molecule has 3 N–H and O–H groups in total. The van der Waals surface area contributed by atoms with Crippen molar-refractivity contribution in [3.8, 4) is 5.69 Å². The lowest BCUT2D eigenvalue weighted by Crippen LogP contribution is -2.35. The molecular weight excluding hydrogens is 470 g/mol. The number of benzene rings is 2. The van der Waals surface area contributed by atoms with E-state index in [1.807, 2.05) is 19.9 Å². The van der Waals surface area contributed by atoms with Gasteiger partial charge in [-0.3, -0.25) is 14.3 Å². The monoisotopic (exact) mass is 490 g/mol. The quantitative estimate of drug-likeness (QED) is 0.422. The highest BCUT2D eigenvalue weighted by molar-refractivity contribution is 8.23. The summed E-state index contributed by atoms with van der Waals surface area (Å²) in [5, 5.41) is 2.94. The minimum Gasteiger partial charge on any atom is -0.388 e. The molecular formula is C22H20F2N4O3S2. The number of nitrogens with zero attached hydrogens (tertiary/aromatic N) is 1. The van der Waals surface area contributed by atoms with E-state index in [4.69, 9.17) is 0 Å². The third-order valence-corrected chi connectivity index (χ3v) is 6.43. The number of amides is 1. The second-order valence-electron chi connectivity index (χ2n) is 6.78. The van der Waals surface area contributed by atoms with Gasteiger partial charge in [-0.15, -0.1) is 0 Å². The van der Waals surface area contributed by atoms with Gasteiger partial charge in [0.25, 0.3) is 11.5 Å². The zero-order valence-corrected chi connectivity index (χ0v) is 19.5. The van der Waals surface area contributed by atoms with E-state index < -0.39 is 34.5 Å². The van der Waals surface area contributed by atoms with Crippen LogP contribution in [0.5, 0.6) is 0 Å². The minimum absolute atomic E-state index is 0.0676. The third kappa shape index (κ3) is 5.20. The van der Waals surface area contributed by atoms with Crippen LogP contribution in [-0.4, -0.2) is 22.5 Å². The fourth-order valence-electron chi connectivity index (χ4n) is 2.91. The van der Waals surface area contributed by atoms with Gasteiger partial charge in [0.1, 0.15) is 5.69 Å². The summed E-state index contributed by atoms with van der Waals surface area (Å²) in [6, 6.07) is 6.09. The van der Waals surface area contributed by atoms with Crippen LogP contribution in [0, 0.1) is 11.6 Å². The molecule has 0 aliphatic rings. The van der Waals surface area contributed by atoms with Crippen molar-refractivity contribution >= 4 is 46.2 Å². The largest absolute Gasteiger partial charge is 0.388 e. The molecule has 3 aromatic rings. The molecule has 0 aliphatic heterocycles. The van der Waals surface area contributed by atoms with E-state index in [9.17, 15) is 23.2 Å². The maximum Gasteiger partial charge on any atom is 0.333 e. The first-order valence-corrected chi connectivity index (χ1v) is 11.2. The van der Waals surface area contributed by atoms with E-state index in [0.717, 1.165) is 29.0 Å². The molecule has 11 heteroatoms. The molecule has 1 heterocycles. The lowest BCUT2D eigenvalue weighted by atomic mass is 10.1. The molecule has 0 saturated heterocycles. The van der Waals surface area contributed by atoms with Crippen LogP contribution in [0.25, 0.3) is 16.6 Å². The average molecular weight is 491 g/mol. The van der Waals surface area contributed by atoms with E-state index in [0.29, 0.717) is 14.5 Å². The number of aromatic nitrogens is 2. The van der Waals surface area contributed by atoms with E-state index in [2.05, 4.69) is 21.6 Å². The molecule has 0 unspecified atom stereocenters. The Balaban J connectivity index is 1.96. The smallest absolute Gasteiger partial charge is 0.333 e. The molecule has 0 spiro atoms. The maximum atomic E-state index is 14.9. The standard InChI is InChI=1S/C22H20F2N4O3S2/c1-5-11(2)32-12(3)33-27-20(29)13-8-16(23)19(17(24)9-13)28-21(30)15-7-6-14(25-4)10-18(15)26-22(28)31/h5-10,25H,3H2,1-2,4H3,(H,26,31)(H,27,29)/b11-5-. The van der Waals surface area contributed by atoms with Gasteiger partial charge < -0.3 is 10.3 Å². The van der Waals surface area contributed by atoms with Gasteiger partial charge in [-0.25, -0.2) is 18.1 Å². The highest BCUT2D eigenvalue weighted by Crippen LogP contribution is 2.30. The molecule has 1 aromatic heterocycles.